The highest BCUT2D eigenvalue weighted by Crippen LogP contribution is 2.23. The fourth-order valence-electron chi connectivity index (χ4n) is 2.71. The summed E-state index contributed by atoms with van der Waals surface area (Å²) in [6, 6.07) is 6.38. The molecule has 0 bridgehead atoms. The fraction of sp³-hybridized carbons (Fsp3) is 0.600. The smallest absolute Gasteiger partial charge is 0.0620 e. The third kappa shape index (κ3) is 3.57. The maximum absolute atomic E-state index is 12.4. The molecule has 2 atom stereocenters. The highest BCUT2D eigenvalue weighted by molar-refractivity contribution is 7.85. The molecule has 0 radical (unpaired) electrons. The maximum atomic E-state index is 12.4. The first kappa shape index (κ1) is 14.5. The summed E-state index contributed by atoms with van der Waals surface area (Å²) in [5, 5.41) is 0. The molecular formula is C15H24N2OS. The van der Waals surface area contributed by atoms with Crippen LogP contribution in [0.1, 0.15) is 31.2 Å². The molecule has 0 amide bonds. The number of nitrogen functional groups attached to an aromatic ring is 1. The van der Waals surface area contributed by atoms with E-state index in [9.17, 15) is 4.21 Å². The molecule has 1 aromatic rings. The van der Waals surface area contributed by atoms with Crippen molar-refractivity contribution >= 4 is 16.5 Å². The van der Waals surface area contributed by atoms with Crippen molar-refractivity contribution in [2.24, 2.45) is 0 Å². The zero-order chi connectivity index (χ0) is 13.8. The minimum absolute atomic E-state index is 0.587. The number of para-hydroxylation sites is 1. The SMILES string of the molecule is Cc1cccc(S(=O)CCC2CCCCN2C)c1N. The van der Waals surface area contributed by atoms with Crippen molar-refractivity contribution in [3.05, 3.63) is 23.8 Å². The highest BCUT2D eigenvalue weighted by Gasteiger charge is 2.20. The van der Waals surface area contributed by atoms with Crippen molar-refractivity contribution in [1.82, 2.24) is 4.90 Å². The van der Waals surface area contributed by atoms with Gasteiger partial charge < -0.3 is 10.6 Å². The van der Waals surface area contributed by atoms with Gasteiger partial charge in [-0.1, -0.05) is 18.6 Å². The Balaban J connectivity index is 1.95. The lowest BCUT2D eigenvalue weighted by Gasteiger charge is -2.32. The van der Waals surface area contributed by atoms with Crippen LogP contribution in [0, 0.1) is 6.92 Å². The summed E-state index contributed by atoms with van der Waals surface area (Å²) in [5.74, 6) is 0.711. The molecule has 1 fully saturated rings. The zero-order valence-corrected chi connectivity index (χ0v) is 12.7. The van der Waals surface area contributed by atoms with Crippen molar-refractivity contribution < 1.29 is 4.21 Å². The molecule has 1 heterocycles. The van der Waals surface area contributed by atoms with Gasteiger partial charge in [0.15, 0.2) is 0 Å². The van der Waals surface area contributed by atoms with E-state index in [-0.39, 0.29) is 0 Å². The Morgan fingerprint density at radius 1 is 1.42 bits per heavy atom. The summed E-state index contributed by atoms with van der Waals surface area (Å²) in [5.41, 5.74) is 7.72. The first-order valence-electron chi connectivity index (χ1n) is 7.03. The molecule has 19 heavy (non-hydrogen) atoms. The normalized spacial score (nSPS) is 22.3. The minimum atomic E-state index is -0.974. The summed E-state index contributed by atoms with van der Waals surface area (Å²) < 4.78 is 12.4. The molecule has 106 valence electrons. The molecule has 0 saturated carbocycles. The average Bonchev–Trinajstić information content (AvgIpc) is 2.40. The van der Waals surface area contributed by atoms with Gasteiger partial charge >= 0.3 is 0 Å². The van der Waals surface area contributed by atoms with Crippen LogP contribution in [0.25, 0.3) is 0 Å². The lowest BCUT2D eigenvalue weighted by molar-refractivity contribution is 0.182. The van der Waals surface area contributed by atoms with Gasteiger partial charge in [-0.15, -0.1) is 0 Å². The van der Waals surface area contributed by atoms with Crippen molar-refractivity contribution in [3.8, 4) is 0 Å². The molecule has 1 aliphatic heterocycles. The van der Waals surface area contributed by atoms with Gasteiger partial charge in [0, 0.05) is 11.8 Å². The molecule has 4 heteroatoms. The lowest BCUT2D eigenvalue weighted by atomic mass is 10.0. The molecule has 1 saturated heterocycles. The predicted molar refractivity (Wildman–Crippen MR) is 81.8 cm³/mol. The Kier molecular flexibility index (Phi) is 4.99. The highest BCUT2D eigenvalue weighted by atomic mass is 32.2. The van der Waals surface area contributed by atoms with E-state index in [1.165, 1.54) is 25.8 Å². The van der Waals surface area contributed by atoms with E-state index in [0.29, 0.717) is 17.5 Å². The number of likely N-dealkylation sites (tertiary alicyclic amines) is 1. The number of nitrogens with two attached hydrogens (primary N) is 1. The second-order valence-electron chi connectivity index (χ2n) is 5.46. The topological polar surface area (TPSA) is 46.3 Å². The molecule has 0 aromatic heterocycles. The zero-order valence-electron chi connectivity index (χ0n) is 11.9. The van der Waals surface area contributed by atoms with E-state index in [1.807, 2.05) is 25.1 Å². The van der Waals surface area contributed by atoms with E-state index in [1.54, 1.807) is 0 Å². The lowest BCUT2D eigenvalue weighted by Crippen LogP contribution is -2.37. The van der Waals surface area contributed by atoms with E-state index < -0.39 is 10.8 Å². The molecule has 0 spiro atoms. The van der Waals surface area contributed by atoms with Crippen molar-refractivity contribution in [1.29, 1.82) is 0 Å². The van der Waals surface area contributed by atoms with Crippen molar-refractivity contribution in [2.45, 2.75) is 43.5 Å². The Hall–Kier alpha value is -0.870. The molecule has 3 nitrogen and oxygen atoms in total. The number of aryl methyl sites for hydroxylation is 1. The molecule has 2 unspecified atom stereocenters. The second kappa shape index (κ2) is 6.53. The van der Waals surface area contributed by atoms with Crippen LogP contribution in [0.15, 0.2) is 23.1 Å². The predicted octanol–water partition coefficient (Wildman–Crippen LogP) is 2.56. The quantitative estimate of drug-likeness (QED) is 0.862. The average molecular weight is 280 g/mol. The van der Waals surface area contributed by atoms with Gasteiger partial charge in [0.25, 0.3) is 0 Å². The van der Waals surface area contributed by atoms with Gasteiger partial charge in [-0.05, 0) is 51.4 Å². The van der Waals surface area contributed by atoms with Crippen LogP contribution in [0.2, 0.25) is 0 Å². The summed E-state index contributed by atoms with van der Waals surface area (Å²) in [4.78, 5) is 3.21. The van der Waals surface area contributed by atoms with E-state index in [0.717, 1.165) is 16.9 Å². The van der Waals surface area contributed by atoms with Gasteiger partial charge in [0.05, 0.1) is 21.4 Å². The van der Waals surface area contributed by atoms with Gasteiger partial charge in [-0.25, -0.2) is 0 Å². The molecule has 2 rings (SSSR count). The van der Waals surface area contributed by atoms with Crippen molar-refractivity contribution in [2.75, 3.05) is 25.1 Å². The Morgan fingerprint density at radius 3 is 2.95 bits per heavy atom. The largest absolute Gasteiger partial charge is 0.398 e. The van der Waals surface area contributed by atoms with Crippen LogP contribution >= 0.6 is 0 Å². The monoisotopic (exact) mass is 280 g/mol. The van der Waals surface area contributed by atoms with Crippen LogP contribution in [-0.2, 0) is 10.8 Å². The number of piperidine rings is 1. The summed E-state index contributed by atoms with van der Waals surface area (Å²) in [7, 11) is 1.20. The fourth-order valence-corrected chi connectivity index (χ4v) is 4.06. The molecule has 2 N–H and O–H groups in total. The number of hydrogen-bond donors (Lipinski definition) is 1. The van der Waals surface area contributed by atoms with Crippen LogP contribution in [0.5, 0.6) is 0 Å². The van der Waals surface area contributed by atoms with Gasteiger partial charge in [0.1, 0.15) is 0 Å². The third-order valence-corrected chi connectivity index (χ3v) is 5.54. The first-order chi connectivity index (χ1) is 9.09. The number of rotatable bonds is 4. The molecular weight excluding hydrogens is 256 g/mol. The van der Waals surface area contributed by atoms with Gasteiger partial charge in [-0.3, -0.25) is 4.21 Å². The number of anilines is 1. The Bertz CT molecular complexity index is 461. The Morgan fingerprint density at radius 2 is 2.21 bits per heavy atom. The van der Waals surface area contributed by atoms with E-state index in [2.05, 4.69) is 11.9 Å². The van der Waals surface area contributed by atoms with Crippen LogP contribution in [-0.4, -0.2) is 34.5 Å². The van der Waals surface area contributed by atoms with Crippen molar-refractivity contribution in [3.63, 3.8) is 0 Å². The molecule has 1 aliphatic rings. The first-order valence-corrected chi connectivity index (χ1v) is 8.35. The van der Waals surface area contributed by atoms with Crippen LogP contribution in [0.3, 0.4) is 0 Å². The summed E-state index contributed by atoms with van der Waals surface area (Å²) in [6.45, 7) is 3.13. The van der Waals surface area contributed by atoms with Crippen LogP contribution < -0.4 is 5.73 Å². The number of benzene rings is 1. The van der Waals surface area contributed by atoms with E-state index in [4.69, 9.17) is 5.73 Å². The summed E-state index contributed by atoms with van der Waals surface area (Å²) >= 11 is 0. The molecule has 0 aliphatic carbocycles. The maximum Gasteiger partial charge on any atom is 0.0620 e. The standard InChI is InChI=1S/C15H24N2OS/c1-12-6-5-8-14(15(12)16)19(18)11-9-13-7-3-4-10-17(13)2/h5-6,8,13H,3-4,7,9-11,16H2,1-2H3. The number of nitrogens with zero attached hydrogens (tertiary/aromatic N) is 1. The third-order valence-electron chi connectivity index (χ3n) is 4.09. The van der Waals surface area contributed by atoms with Gasteiger partial charge in [0.2, 0.25) is 0 Å². The number of hydrogen-bond acceptors (Lipinski definition) is 3. The molecule has 1 aromatic carbocycles. The second-order valence-corrected chi connectivity index (χ2v) is 6.99. The Labute approximate surface area is 118 Å². The minimum Gasteiger partial charge on any atom is -0.398 e. The van der Waals surface area contributed by atoms with Crippen LogP contribution in [0.4, 0.5) is 5.69 Å². The summed E-state index contributed by atoms with van der Waals surface area (Å²) in [6.07, 6.45) is 4.82. The van der Waals surface area contributed by atoms with Gasteiger partial charge in [-0.2, -0.15) is 0 Å². The van der Waals surface area contributed by atoms with E-state index >= 15 is 0 Å².